The Kier molecular flexibility index (Phi) is 15.6. The molecule has 0 amide bonds. The third kappa shape index (κ3) is 10.7. The lowest BCUT2D eigenvalue weighted by Crippen LogP contribution is -2.39. The van der Waals surface area contributed by atoms with Crippen molar-refractivity contribution in [3.8, 4) is 11.5 Å². The Morgan fingerprint density at radius 1 is 0.897 bits per heavy atom. The van der Waals surface area contributed by atoms with E-state index in [0.29, 0.717) is 22.8 Å². The van der Waals surface area contributed by atoms with Crippen LogP contribution in [0.1, 0.15) is 83.4 Å². The first-order valence-corrected chi connectivity index (χ1v) is 21.7. The van der Waals surface area contributed by atoms with Crippen LogP contribution in [-0.4, -0.2) is 76.8 Å². The van der Waals surface area contributed by atoms with Gasteiger partial charge in [-0.2, -0.15) is 0 Å². The molecule has 12 nitrogen and oxygen atoms in total. The number of aromatic amines is 1. The molecule has 1 unspecified atom stereocenters. The number of H-pyrrole nitrogens is 1. The first-order chi connectivity index (χ1) is 27.6. The van der Waals surface area contributed by atoms with Gasteiger partial charge in [-0.05, 0) is 75.6 Å². The summed E-state index contributed by atoms with van der Waals surface area (Å²) in [7, 11) is 1.57. The second-order valence-corrected chi connectivity index (χ2v) is 18.3. The van der Waals surface area contributed by atoms with Crippen molar-refractivity contribution < 1.29 is 32.8 Å². The average molecular weight is 836 g/mol. The van der Waals surface area contributed by atoms with Gasteiger partial charge in [0.05, 0.1) is 33.5 Å². The van der Waals surface area contributed by atoms with Crippen LogP contribution in [-0.2, 0) is 28.9 Å². The highest BCUT2D eigenvalue weighted by atomic mass is 32.2. The van der Waals surface area contributed by atoms with Crippen LogP contribution in [0.15, 0.2) is 94.6 Å². The highest BCUT2D eigenvalue weighted by Gasteiger charge is 2.45. The van der Waals surface area contributed by atoms with E-state index >= 15 is 0 Å². The number of carbonyl (C=O) groups is 1. The lowest BCUT2D eigenvalue weighted by Gasteiger charge is -2.39. The summed E-state index contributed by atoms with van der Waals surface area (Å²) in [4.78, 5) is 40.8. The molecule has 1 aliphatic rings. The molecule has 1 aliphatic heterocycles. The zero-order chi connectivity index (χ0) is 42.2. The maximum Gasteiger partial charge on any atom is 0.330 e. The Balaban J connectivity index is 1.57. The van der Waals surface area contributed by atoms with Gasteiger partial charge in [0, 0.05) is 41.4 Å². The Morgan fingerprint density at radius 3 is 1.97 bits per heavy atom. The summed E-state index contributed by atoms with van der Waals surface area (Å²) in [6.07, 6.45) is -0.300. The molecule has 0 spiro atoms. The van der Waals surface area contributed by atoms with Gasteiger partial charge in [0.25, 0.3) is 14.1 Å². The van der Waals surface area contributed by atoms with Crippen LogP contribution in [0, 0.1) is 12.3 Å². The fraction of sp³-hybridized carbons (Fsp3) is 0.477. The number of methoxy groups -OCH3 is 2. The molecule has 0 saturated carbocycles. The van der Waals surface area contributed by atoms with Gasteiger partial charge in [-0.15, -0.1) is 0 Å². The van der Waals surface area contributed by atoms with Crippen molar-refractivity contribution in [2.45, 2.75) is 97.9 Å². The van der Waals surface area contributed by atoms with Crippen molar-refractivity contribution in [2.24, 2.45) is 5.41 Å². The molecular formula is C44H58N3O9PS. The maximum absolute atomic E-state index is 13.3. The molecule has 4 aromatic rings. The van der Waals surface area contributed by atoms with Gasteiger partial charge < -0.3 is 28.0 Å². The molecule has 0 aliphatic carbocycles. The van der Waals surface area contributed by atoms with Crippen LogP contribution < -0.4 is 20.7 Å². The van der Waals surface area contributed by atoms with E-state index in [0.717, 1.165) is 16.7 Å². The van der Waals surface area contributed by atoms with Crippen LogP contribution >= 0.6 is 20.3 Å². The maximum atomic E-state index is 13.3. The molecular weight excluding hydrogens is 778 g/mol. The number of benzene rings is 3. The van der Waals surface area contributed by atoms with Crippen molar-refractivity contribution in [3.05, 3.63) is 128 Å². The Hall–Kier alpha value is -3.81. The summed E-state index contributed by atoms with van der Waals surface area (Å²) in [5, 5.41) is 0.0902. The molecule has 3 aromatic carbocycles. The third-order valence-electron chi connectivity index (χ3n) is 9.88. The largest absolute Gasteiger partial charge is 0.497 e. The summed E-state index contributed by atoms with van der Waals surface area (Å²) < 4.78 is 42.3. The summed E-state index contributed by atoms with van der Waals surface area (Å²) >= 11 is 1.25. The van der Waals surface area contributed by atoms with Gasteiger partial charge in [0.2, 0.25) is 0 Å². The molecule has 0 radical (unpaired) electrons. The van der Waals surface area contributed by atoms with Crippen molar-refractivity contribution in [1.29, 1.82) is 0 Å². The summed E-state index contributed by atoms with van der Waals surface area (Å²) in [5.74, 6) is 1.87. The monoisotopic (exact) mass is 835 g/mol. The zero-order valence-electron chi connectivity index (χ0n) is 35.2. The number of aromatic nitrogens is 2. The fourth-order valence-electron chi connectivity index (χ4n) is 6.92. The number of rotatable bonds is 18. The predicted molar refractivity (Wildman–Crippen MR) is 230 cm³/mol. The molecule has 1 fully saturated rings. The molecule has 58 heavy (non-hydrogen) atoms. The SMILES string of the molecule is COc1ccc(C(OC[C@H]2O[C@@H](n3cc(C)c(=O)[nH]c3=O)C[C@@H]2OP(OCCSC(=O)C(C)(C)C)N(C(C)C)C(C)C)(c2ccccc2)c2ccc(OC)cc2)cc1. The summed E-state index contributed by atoms with van der Waals surface area (Å²) in [5.41, 5.74) is 0.304. The van der Waals surface area contributed by atoms with Crippen LogP contribution in [0.5, 0.6) is 11.5 Å². The predicted octanol–water partition coefficient (Wildman–Crippen LogP) is 8.21. The van der Waals surface area contributed by atoms with E-state index in [1.165, 1.54) is 22.5 Å². The first-order valence-electron chi connectivity index (χ1n) is 19.6. The quantitative estimate of drug-likeness (QED) is 0.0592. The zero-order valence-corrected chi connectivity index (χ0v) is 36.9. The minimum Gasteiger partial charge on any atom is -0.497 e. The van der Waals surface area contributed by atoms with E-state index in [4.69, 9.17) is 28.0 Å². The number of carbonyl (C=O) groups excluding carboxylic acids is 1. The number of aryl methyl sites for hydroxylation is 1. The smallest absolute Gasteiger partial charge is 0.330 e. The molecule has 1 aromatic heterocycles. The number of hydrogen-bond acceptors (Lipinski definition) is 11. The highest BCUT2D eigenvalue weighted by molar-refractivity contribution is 8.13. The van der Waals surface area contributed by atoms with E-state index in [9.17, 15) is 14.4 Å². The van der Waals surface area contributed by atoms with E-state index in [2.05, 4.69) is 37.3 Å². The summed E-state index contributed by atoms with van der Waals surface area (Å²) in [6, 6.07) is 25.7. The molecule has 1 N–H and O–H groups in total. The number of ether oxygens (including phenoxy) is 4. The Labute approximate surface area is 347 Å². The van der Waals surface area contributed by atoms with Gasteiger partial charge in [0.15, 0.2) is 5.12 Å². The van der Waals surface area contributed by atoms with Crippen LogP contribution in [0.2, 0.25) is 0 Å². The van der Waals surface area contributed by atoms with Crippen LogP contribution in [0.25, 0.3) is 0 Å². The van der Waals surface area contributed by atoms with Crippen molar-refractivity contribution in [2.75, 3.05) is 33.2 Å². The second kappa shape index (κ2) is 20.0. The number of nitrogens with one attached hydrogen (secondary N) is 1. The first kappa shape index (κ1) is 45.3. The molecule has 14 heteroatoms. The van der Waals surface area contributed by atoms with Crippen molar-refractivity contribution in [3.63, 3.8) is 0 Å². The highest BCUT2D eigenvalue weighted by Crippen LogP contribution is 2.51. The lowest BCUT2D eigenvalue weighted by atomic mass is 9.80. The van der Waals surface area contributed by atoms with Gasteiger partial charge in [-0.3, -0.25) is 19.1 Å². The second-order valence-electron chi connectivity index (χ2n) is 15.8. The van der Waals surface area contributed by atoms with Crippen LogP contribution in [0.4, 0.5) is 0 Å². The minimum absolute atomic E-state index is 0.0354. The molecule has 1 saturated heterocycles. The molecule has 314 valence electrons. The molecule has 4 atom stereocenters. The standard InChI is InChI=1S/C44H58N3O9PS/c1-29(2)47(30(3)4)57(54-24-25-58-41(49)43(6,7)8)56-37-26-39(46-27-31(5)40(48)45-42(46)50)55-38(37)28-53-44(32-14-12-11-13-15-32,33-16-20-35(51-9)21-17-33)34-18-22-36(52-10)23-19-34/h11-23,27,29-30,37-39H,24-26,28H2,1-10H3,(H,45,48,50)/t37-,38+,39+,57?/m0/s1. The number of hydrogen-bond donors (Lipinski definition) is 1. The topological polar surface area (TPSA) is 131 Å². The van der Waals surface area contributed by atoms with E-state index in [1.54, 1.807) is 21.1 Å². The normalized spacial score (nSPS) is 17.9. The van der Waals surface area contributed by atoms with E-state index in [1.807, 2.05) is 99.6 Å². The van der Waals surface area contributed by atoms with Crippen molar-refractivity contribution in [1.82, 2.24) is 14.2 Å². The minimum atomic E-state index is -1.69. The Bertz CT molecular complexity index is 1990. The fourth-order valence-corrected chi connectivity index (χ4v) is 9.59. The Morgan fingerprint density at radius 2 is 1.45 bits per heavy atom. The van der Waals surface area contributed by atoms with E-state index in [-0.39, 0.29) is 36.8 Å². The average Bonchev–Trinajstić information content (AvgIpc) is 3.60. The van der Waals surface area contributed by atoms with Gasteiger partial charge >= 0.3 is 5.69 Å². The number of thioether (sulfide) groups is 1. The van der Waals surface area contributed by atoms with Gasteiger partial charge in [-0.25, -0.2) is 9.46 Å². The summed E-state index contributed by atoms with van der Waals surface area (Å²) in [6.45, 7) is 16.1. The molecule has 5 rings (SSSR count). The van der Waals surface area contributed by atoms with Crippen LogP contribution in [0.3, 0.4) is 0 Å². The third-order valence-corrected chi connectivity index (χ3v) is 13.3. The molecule has 2 heterocycles. The van der Waals surface area contributed by atoms with Crippen molar-refractivity contribution >= 4 is 25.4 Å². The lowest BCUT2D eigenvalue weighted by molar-refractivity contribution is -0.117. The van der Waals surface area contributed by atoms with Gasteiger partial charge in [-0.1, -0.05) is 87.1 Å². The van der Waals surface area contributed by atoms with E-state index < -0.39 is 49.2 Å². The van der Waals surface area contributed by atoms with Gasteiger partial charge in [0.1, 0.15) is 29.4 Å². The molecule has 0 bridgehead atoms. The number of nitrogens with zero attached hydrogens (tertiary/aromatic N) is 2.